The van der Waals surface area contributed by atoms with Crippen molar-refractivity contribution in [3.63, 3.8) is 0 Å². The zero-order valence-corrected chi connectivity index (χ0v) is 10.6. The molecule has 1 saturated carbocycles. The van der Waals surface area contributed by atoms with Gasteiger partial charge in [-0.15, -0.1) is 0 Å². The summed E-state index contributed by atoms with van der Waals surface area (Å²) in [7, 11) is -0.745. The average molecular weight is 226 g/mol. The second-order valence-electron chi connectivity index (χ2n) is 5.46. The van der Waals surface area contributed by atoms with Gasteiger partial charge in [0.2, 0.25) is 0 Å². The Morgan fingerprint density at radius 1 is 1.13 bits per heavy atom. The minimum atomic E-state index is -0.745. The maximum Gasteiger partial charge on any atom is 0.176 e. The lowest BCUT2D eigenvalue weighted by atomic mass is 9.88. The minimum absolute atomic E-state index is 0.665. The van der Waals surface area contributed by atoms with Gasteiger partial charge in [-0.3, -0.25) is 0 Å². The quantitative estimate of drug-likeness (QED) is 0.545. The van der Waals surface area contributed by atoms with E-state index in [4.69, 9.17) is 9.16 Å². The summed E-state index contributed by atoms with van der Waals surface area (Å²) in [6, 6.07) is 2.87. The van der Waals surface area contributed by atoms with Gasteiger partial charge in [0.1, 0.15) is 0 Å². The first-order chi connectivity index (χ1) is 7.42. The number of rotatable bonds is 3. The van der Waals surface area contributed by atoms with Crippen LogP contribution < -0.4 is 0 Å². The van der Waals surface area contributed by atoms with E-state index in [1.54, 1.807) is 0 Å². The van der Waals surface area contributed by atoms with Crippen molar-refractivity contribution in [3.05, 3.63) is 0 Å². The lowest BCUT2D eigenvalue weighted by Gasteiger charge is -2.24. The molecule has 0 aromatic heterocycles. The molecule has 0 N–H and O–H groups in total. The van der Waals surface area contributed by atoms with E-state index >= 15 is 0 Å². The highest BCUT2D eigenvalue weighted by molar-refractivity contribution is 6.51. The van der Waals surface area contributed by atoms with Crippen LogP contribution in [0.15, 0.2) is 0 Å². The van der Waals surface area contributed by atoms with Crippen molar-refractivity contribution in [2.45, 2.75) is 62.8 Å². The molecule has 0 aromatic carbocycles. The SMILES string of the molecule is C1CC[SiH](CCC2CCC3OC3C2)OC1. The highest BCUT2D eigenvalue weighted by Gasteiger charge is 2.43. The predicted octanol–water partition coefficient (Wildman–Crippen LogP) is 2.48. The molecule has 3 fully saturated rings. The Hall–Kier alpha value is 0.137. The van der Waals surface area contributed by atoms with Gasteiger partial charge in [-0.1, -0.05) is 12.8 Å². The van der Waals surface area contributed by atoms with Crippen molar-refractivity contribution in [2.24, 2.45) is 5.92 Å². The third kappa shape index (κ3) is 2.63. The Morgan fingerprint density at radius 3 is 2.93 bits per heavy atom. The number of hydrogen-bond acceptors (Lipinski definition) is 2. The van der Waals surface area contributed by atoms with Gasteiger partial charge in [0.15, 0.2) is 9.04 Å². The first-order valence-electron chi connectivity index (χ1n) is 6.69. The Morgan fingerprint density at radius 2 is 2.13 bits per heavy atom. The van der Waals surface area contributed by atoms with Crippen LogP contribution in [0, 0.1) is 5.92 Å². The van der Waals surface area contributed by atoms with Gasteiger partial charge in [-0.25, -0.2) is 0 Å². The molecule has 2 nitrogen and oxygen atoms in total. The largest absolute Gasteiger partial charge is 0.420 e. The molecule has 1 aliphatic carbocycles. The molecule has 2 saturated heterocycles. The maximum atomic E-state index is 5.91. The van der Waals surface area contributed by atoms with Crippen molar-refractivity contribution in [1.82, 2.24) is 0 Å². The molecule has 15 heavy (non-hydrogen) atoms. The Balaban J connectivity index is 1.37. The fraction of sp³-hybridized carbons (Fsp3) is 1.00. The van der Waals surface area contributed by atoms with Crippen LogP contribution in [-0.2, 0) is 9.16 Å². The summed E-state index contributed by atoms with van der Waals surface area (Å²) in [5.41, 5.74) is 0. The summed E-state index contributed by atoms with van der Waals surface area (Å²) in [6.45, 7) is 1.06. The third-order valence-electron chi connectivity index (χ3n) is 4.28. The highest BCUT2D eigenvalue weighted by Crippen LogP contribution is 2.41. The van der Waals surface area contributed by atoms with Crippen LogP contribution in [0.3, 0.4) is 0 Å². The Kier molecular flexibility index (Phi) is 3.13. The predicted molar refractivity (Wildman–Crippen MR) is 62.6 cm³/mol. The number of epoxide rings is 1. The van der Waals surface area contributed by atoms with Gasteiger partial charge in [-0.2, -0.15) is 0 Å². The molecule has 4 unspecified atom stereocenters. The van der Waals surface area contributed by atoms with Crippen LogP contribution in [-0.4, -0.2) is 27.9 Å². The van der Waals surface area contributed by atoms with Crippen LogP contribution >= 0.6 is 0 Å². The van der Waals surface area contributed by atoms with Crippen molar-refractivity contribution in [2.75, 3.05) is 6.61 Å². The van der Waals surface area contributed by atoms with Gasteiger partial charge in [0.25, 0.3) is 0 Å². The molecule has 0 radical (unpaired) electrons. The fourth-order valence-electron chi connectivity index (χ4n) is 3.21. The van der Waals surface area contributed by atoms with Crippen LogP contribution in [0.2, 0.25) is 12.1 Å². The monoisotopic (exact) mass is 226 g/mol. The summed E-state index contributed by atoms with van der Waals surface area (Å²) in [5, 5.41) is 0. The lowest BCUT2D eigenvalue weighted by molar-refractivity contribution is 0.281. The van der Waals surface area contributed by atoms with Crippen LogP contribution in [0.4, 0.5) is 0 Å². The Labute approximate surface area is 94.1 Å². The topological polar surface area (TPSA) is 21.8 Å². The summed E-state index contributed by atoms with van der Waals surface area (Å²) in [4.78, 5) is 0. The second kappa shape index (κ2) is 4.56. The first-order valence-corrected chi connectivity index (χ1v) is 8.79. The van der Waals surface area contributed by atoms with E-state index in [1.807, 2.05) is 0 Å². The molecule has 3 aliphatic rings. The average Bonchev–Trinajstić information content (AvgIpc) is 3.06. The number of hydrogen-bond donors (Lipinski definition) is 0. The molecule has 2 heterocycles. The molecule has 4 atom stereocenters. The first kappa shape index (κ1) is 10.3. The lowest BCUT2D eigenvalue weighted by Crippen LogP contribution is -2.24. The van der Waals surface area contributed by atoms with Gasteiger partial charge in [0.05, 0.1) is 12.2 Å². The van der Waals surface area contributed by atoms with Crippen LogP contribution in [0.5, 0.6) is 0 Å². The van der Waals surface area contributed by atoms with E-state index in [2.05, 4.69) is 0 Å². The fourth-order valence-corrected chi connectivity index (χ4v) is 5.91. The minimum Gasteiger partial charge on any atom is -0.420 e. The standard InChI is InChI=1S/C12H22O2Si/c1-2-7-15(13-6-1)8-5-10-3-4-11-12(9-10)14-11/h10-12,15H,1-9H2. The van der Waals surface area contributed by atoms with E-state index in [0.29, 0.717) is 12.2 Å². The van der Waals surface area contributed by atoms with Crippen molar-refractivity contribution in [3.8, 4) is 0 Å². The number of fused-ring (bicyclic) bond motifs is 1. The molecule has 2 aliphatic heterocycles. The summed E-state index contributed by atoms with van der Waals surface area (Å²) in [6.07, 6.45) is 9.63. The van der Waals surface area contributed by atoms with Crippen molar-refractivity contribution in [1.29, 1.82) is 0 Å². The van der Waals surface area contributed by atoms with E-state index in [0.717, 1.165) is 12.5 Å². The van der Waals surface area contributed by atoms with E-state index in [-0.39, 0.29) is 0 Å². The van der Waals surface area contributed by atoms with Crippen LogP contribution in [0.1, 0.15) is 38.5 Å². The zero-order chi connectivity index (χ0) is 10.1. The van der Waals surface area contributed by atoms with E-state index in [9.17, 15) is 0 Å². The van der Waals surface area contributed by atoms with Gasteiger partial charge in [0, 0.05) is 6.61 Å². The molecule has 0 spiro atoms. The smallest absolute Gasteiger partial charge is 0.176 e. The zero-order valence-electron chi connectivity index (χ0n) is 9.49. The molecule has 86 valence electrons. The van der Waals surface area contributed by atoms with Gasteiger partial charge < -0.3 is 9.16 Å². The molecule has 0 aromatic rings. The normalized spacial score (nSPS) is 44.8. The molecule has 3 rings (SSSR count). The second-order valence-corrected chi connectivity index (χ2v) is 8.19. The molecular formula is C12H22O2Si. The molecule has 3 heteroatoms. The van der Waals surface area contributed by atoms with Crippen LogP contribution in [0.25, 0.3) is 0 Å². The molecule has 0 amide bonds. The van der Waals surface area contributed by atoms with Crippen molar-refractivity contribution >= 4 is 9.04 Å². The van der Waals surface area contributed by atoms with Gasteiger partial charge >= 0.3 is 0 Å². The van der Waals surface area contributed by atoms with E-state index < -0.39 is 9.04 Å². The van der Waals surface area contributed by atoms with Crippen molar-refractivity contribution < 1.29 is 9.16 Å². The van der Waals surface area contributed by atoms with E-state index in [1.165, 1.54) is 50.6 Å². The highest BCUT2D eigenvalue weighted by atomic mass is 28.3. The Bertz CT molecular complexity index is 216. The summed E-state index contributed by atoms with van der Waals surface area (Å²) in [5.74, 6) is 0.965. The number of ether oxygens (including phenoxy) is 1. The maximum absolute atomic E-state index is 5.91. The molecular weight excluding hydrogens is 204 g/mol. The van der Waals surface area contributed by atoms with Gasteiger partial charge in [-0.05, 0) is 43.7 Å². The third-order valence-corrected chi connectivity index (χ3v) is 7.02. The summed E-state index contributed by atoms with van der Waals surface area (Å²) < 4.78 is 11.5. The summed E-state index contributed by atoms with van der Waals surface area (Å²) >= 11 is 0. The molecule has 0 bridgehead atoms.